The summed E-state index contributed by atoms with van der Waals surface area (Å²) < 4.78 is 0. The van der Waals surface area contributed by atoms with Gasteiger partial charge in [-0.15, -0.1) is 0 Å². The van der Waals surface area contributed by atoms with Crippen LogP contribution in [-0.2, 0) is 4.79 Å². The molecular weight excluding hydrogens is 202 g/mol. The minimum Gasteiger partial charge on any atom is -0.368 e. The molecule has 1 saturated heterocycles. The van der Waals surface area contributed by atoms with Crippen LogP contribution in [0, 0.1) is 0 Å². The maximum Gasteiger partial charge on any atom is 0.235 e. The van der Waals surface area contributed by atoms with Crippen molar-refractivity contribution in [1.29, 1.82) is 0 Å². The Morgan fingerprint density at radius 2 is 2.25 bits per heavy atom. The SMILES string of the molecule is CCC1CCCCCN1CC(NC)C(N)=O. The van der Waals surface area contributed by atoms with Gasteiger partial charge < -0.3 is 11.1 Å². The van der Waals surface area contributed by atoms with E-state index in [9.17, 15) is 4.79 Å². The van der Waals surface area contributed by atoms with E-state index in [4.69, 9.17) is 5.73 Å². The molecule has 0 spiro atoms. The van der Waals surface area contributed by atoms with Crippen LogP contribution < -0.4 is 11.1 Å². The van der Waals surface area contributed by atoms with Gasteiger partial charge in [0, 0.05) is 12.6 Å². The van der Waals surface area contributed by atoms with Gasteiger partial charge in [0.05, 0.1) is 6.04 Å². The summed E-state index contributed by atoms with van der Waals surface area (Å²) in [4.78, 5) is 13.6. The zero-order valence-electron chi connectivity index (χ0n) is 10.5. The fraction of sp³-hybridized carbons (Fsp3) is 0.917. The van der Waals surface area contributed by atoms with E-state index < -0.39 is 0 Å². The molecule has 0 radical (unpaired) electrons. The predicted molar refractivity (Wildman–Crippen MR) is 66.2 cm³/mol. The van der Waals surface area contributed by atoms with Crippen molar-refractivity contribution in [2.75, 3.05) is 20.1 Å². The van der Waals surface area contributed by atoms with Crippen LogP contribution in [0.15, 0.2) is 0 Å². The lowest BCUT2D eigenvalue weighted by atomic mass is 10.1. The van der Waals surface area contributed by atoms with Crippen molar-refractivity contribution in [2.24, 2.45) is 5.73 Å². The Bertz CT molecular complexity index is 220. The highest BCUT2D eigenvalue weighted by Crippen LogP contribution is 2.19. The van der Waals surface area contributed by atoms with E-state index >= 15 is 0 Å². The van der Waals surface area contributed by atoms with Gasteiger partial charge in [0.15, 0.2) is 0 Å². The van der Waals surface area contributed by atoms with Gasteiger partial charge in [0.25, 0.3) is 0 Å². The molecule has 94 valence electrons. The Labute approximate surface area is 98.6 Å². The Kier molecular flexibility index (Phi) is 5.77. The van der Waals surface area contributed by atoms with Crippen molar-refractivity contribution >= 4 is 5.91 Å². The number of hydrogen-bond acceptors (Lipinski definition) is 3. The smallest absolute Gasteiger partial charge is 0.235 e. The van der Waals surface area contributed by atoms with Gasteiger partial charge in [0.2, 0.25) is 5.91 Å². The van der Waals surface area contributed by atoms with E-state index in [0.717, 1.165) is 19.5 Å². The maximum atomic E-state index is 11.2. The van der Waals surface area contributed by atoms with Crippen LogP contribution in [0.3, 0.4) is 0 Å². The molecule has 0 bridgehead atoms. The van der Waals surface area contributed by atoms with Crippen molar-refractivity contribution in [2.45, 2.75) is 51.1 Å². The van der Waals surface area contributed by atoms with Gasteiger partial charge >= 0.3 is 0 Å². The van der Waals surface area contributed by atoms with Gasteiger partial charge in [0.1, 0.15) is 0 Å². The second-order valence-corrected chi connectivity index (χ2v) is 4.65. The van der Waals surface area contributed by atoms with Gasteiger partial charge in [-0.1, -0.05) is 19.8 Å². The van der Waals surface area contributed by atoms with Crippen molar-refractivity contribution in [3.8, 4) is 0 Å². The summed E-state index contributed by atoms with van der Waals surface area (Å²) >= 11 is 0. The quantitative estimate of drug-likeness (QED) is 0.727. The summed E-state index contributed by atoms with van der Waals surface area (Å²) in [5.74, 6) is -0.249. The van der Waals surface area contributed by atoms with Gasteiger partial charge in [-0.3, -0.25) is 9.69 Å². The topological polar surface area (TPSA) is 58.4 Å². The van der Waals surface area contributed by atoms with E-state index in [1.54, 1.807) is 7.05 Å². The molecule has 0 saturated carbocycles. The molecule has 2 unspecified atom stereocenters. The second kappa shape index (κ2) is 6.86. The summed E-state index contributed by atoms with van der Waals surface area (Å²) in [6.45, 7) is 4.08. The second-order valence-electron chi connectivity index (χ2n) is 4.65. The molecule has 0 aromatic carbocycles. The normalized spacial score (nSPS) is 25.0. The molecule has 1 aliphatic rings. The molecule has 3 N–H and O–H groups in total. The number of carbonyl (C=O) groups excluding carboxylic acids is 1. The first-order valence-corrected chi connectivity index (χ1v) is 6.39. The molecule has 1 amide bonds. The van der Waals surface area contributed by atoms with Crippen LogP contribution in [0.2, 0.25) is 0 Å². The van der Waals surface area contributed by atoms with E-state index in [2.05, 4.69) is 17.1 Å². The average molecular weight is 227 g/mol. The average Bonchev–Trinajstić information content (AvgIpc) is 2.49. The number of primary amides is 1. The summed E-state index contributed by atoms with van der Waals surface area (Å²) in [5, 5.41) is 3.00. The molecule has 1 rings (SSSR count). The predicted octanol–water partition coefficient (Wildman–Crippen LogP) is 0.714. The van der Waals surface area contributed by atoms with Crippen molar-refractivity contribution < 1.29 is 4.79 Å². The molecular formula is C12H25N3O. The number of likely N-dealkylation sites (tertiary alicyclic amines) is 1. The lowest BCUT2D eigenvalue weighted by Gasteiger charge is -2.31. The summed E-state index contributed by atoms with van der Waals surface area (Å²) in [5.41, 5.74) is 5.36. The van der Waals surface area contributed by atoms with Crippen LogP contribution >= 0.6 is 0 Å². The number of likely N-dealkylation sites (N-methyl/N-ethyl adjacent to an activating group) is 1. The third kappa shape index (κ3) is 3.76. The third-order valence-corrected chi connectivity index (χ3v) is 3.58. The number of carbonyl (C=O) groups is 1. The van der Waals surface area contributed by atoms with E-state index in [-0.39, 0.29) is 11.9 Å². The summed E-state index contributed by atoms with van der Waals surface area (Å²) in [7, 11) is 1.80. The van der Waals surface area contributed by atoms with Crippen LogP contribution in [-0.4, -0.2) is 43.0 Å². The maximum absolute atomic E-state index is 11.2. The highest BCUT2D eigenvalue weighted by atomic mass is 16.1. The Balaban J connectivity index is 2.56. The first-order valence-electron chi connectivity index (χ1n) is 6.39. The number of nitrogens with two attached hydrogens (primary N) is 1. The molecule has 1 heterocycles. The van der Waals surface area contributed by atoms with Crippen LogP contribution in [0.1, 0.15) is 39.0 Å². The van der Waals surface area contributed by atoms with Crippen molar-refractivity contribution in [1.82, 2.24) is 10.2 Å². The molecule has 1 aliphatic heterocycles. The summed E-state index contributed by atoms with van der Waals surface area (Å²) in [6, 6.07) is 0.407. The number of hydrogen-bond donors (Lipinski definition) is 2. The molecule has 1 fully saturated rings. The van der Waals surface area contributed by atoms with Crippen molar-refractivity contribution in [3.05, 3.63) is 0 Å². The number of nitrogens with zero attached hydrogens (tertiary/aromatic N) is 1. The lowest BCUT2D eigenvalue weighted by molar-refractivity contribution is -0.120. The number of rotatable bonds is 5. The van der Waals surface area contributed by atoms with E-state index in [0.29, 0.717) is 6.04 Å². The molecule has 2 atom stereocenters. The molecule has 4 nitrogen and oxygen atoms in total. The molecule has 0 aromatic rings. The first-order chi connectivity index (χ1) is 7.69. The van der Waals surface area contributed by atoms with E-state index in [1.165, 1.54) is 25.7 Å². The van der Waals surface area contributed by atoms with Crippen LogP contribution in [0.5, 0.6) is 0 Å². The third-order valence-electron chi connectivity index (χ3n) is 3.58. The zero-order valence-corrected chi connectivity index (χ0v) is 10.5. The minimum atomic E-state index is -0.249. The highest BCUT2D eigenvalue weighted by molar-refractivity contribution is 5.80. The fourth-order valence-electron chi connectivity index (χ4n) is 2.50. The summed E-state index contributed by atoms with van der Waals surface area (Å²) in [6.07, 6.45) is 6.29. The van der Waals surface area contributed by atoms with E-state index in [1.807, 2.05) is 0 Å². The molecule has 4 heteroatoms. The molecule has 0 aliphatic carbocycles. The Hall–Kier alpha value is -0.610. The van der Waals surface area contributed by atoms with Crippen LogP contribution in [0.4, 0.5) is 0 Å². The molecule has 0 aromatic heterocycles. The minimum absolute atomic E-state index is 0.216. The van der Waals surface area contributed by atoms with Gasteiger partial charge in [-0.25, -0.2) is 0 Å². The monoisotopic (exact) mass is 227 g/mol. The highest BCUT2D eigenvalue weighted by Gasteiger charge is 2.24. The Morgan fingerprint density at radius 3 is 2.81 bits per heavy atom. The Morgan fingerprint density at radius 1 is 1.50 bits per heavy atom. The molecule has 16 heavy (non-hydrogen) atoms. The number of amides is 1. The lowest BCUT2D eigenvalue weighted by Crippen LogP contribution is -2.50. The van der Waals surface area contributed by atoms with Crippen molar-refractivity contribution in [3.63, 3.8) is 0 Å². The largest absolute Gasteiger partial charge is 0.368 e. The van der Waals surface area contributed by atoms with Gasteiger partial charge in [-0.2, -0.15) is 0 Å². The standard InChI is InChI=1S/C12H25N3O/c1-3-10-7-5-4-6-8-15(10)9-11(14-2)12(13)16/h10-11,14H,3-9H2,1-2H3,(H2,13,16). The number of nitrogens with one attached hydrogen (secondary N) is 1. The zero-order chi connectivity index (χ0) is 12.0. The first kappa shape index (κ1) is 13.5. The van der Waals surface area contributed by atoms with Crippen LogP contribution in [0.25, 0.3) is 0 Å². The fourth-order valence-corrected chi connectivity index (χ4v) is 2.50. The van der Waals surface area contributed by atoms with Gasteiger partial charge in [-0.05, 0) is 32.9 Å².